The molecule has 0 aromatic heterocycles. The molecule has 1 amide bonds. The Bertz CT molecular complexity index is 1280. The molecule has 11 heteroatoms. The van der Waals surface area contributed by atoms with E-state index in [1.54, 1.807) is 12.1 Å². The Morgan fingerprint density at radius 1 is 1.00 bits per heavy atom. The lowest BCUT2D eigenvalue weighted by Gasteiger charge is -2.14. The number of halogens is 3. The van der Waals surface area contributed by atoms with Gasteiger partial charge in [-0.2, -0.15) is 0 Å². The maximum atomic E-state index is 13.5. The second-order valence-electron chi connectivity index (χ2n) is 6.63. The summed E-state index contributed by atoms with van der Waals surface area (Å²) in [6.45, 7) is 2.30. The molecule has 2 N–H and O–H groups in total. The number of carbonyl (C=O) groups excluding carboxylic acids is 1. The number of hydrogen-bond donors (Lipinski definition) is 2. The molecule has 0 atom stereocenters. The van der Waals surface area contributed by atoms with Crippen molar-refractivity contribution in [1.82, 2.24) is 0 Å². The predicted octanol–water partition coefficient (Wildman–Crippen LogP) is 5.08. The molecule has 0 saturated heterocycles. The van der Waals surface area contributed by atoms with E-state index in [1.807, 2.05) is 6.92 Å². The fraction of sp³-hybridized carbons (Fsp3) is 0.136. The summed E-state index contributed by atoms with van der Waals surface area (Å²) in [5, 5.41) is 2.12. The highest BCUT2D eigenvalue weighted by molar-refractivity contribution is 7.92. The molecule has 3 aromatic carbocycles. The number of amides is 1. The Hall–Kier alpha value is -3.37. The Labute approximate surface area is 194 Å². The first kappa shape index (κ1) is 24.3. The topological polar surface area (TPSA) is 93.7 Å². The van der Waals surface area contributed by atoms with E-state index in [0.29, 0.717) is 24.5 Å². The van der Waals surface area contributed by atoms with E-state index < -0.39 is 27.6 Å². The first-order chi connectivity index (χ1) is 15.6. The molecule has 3 rings (SSSR count). The summed E-state index contributed by atoms with van der Waals surface area (Å²) in [4.78, 5) is 12.2. The van der Waals surface area contributed by atoms with Crippen molar-refractivity contribution in [3.8, 4) is 11.5 Å². The van der Waals surface area contributed by atoms with Gasteiger partial charge < -0.3 is 14.8 Å². The summed E-state index contributed by atoms with van der Waals surface area (Å²) in [7, 11) is -2.83. The van der Waals surface area contributed by atoms with Crippen LogP contribution in [0, 0.1) is 11.6 Å². The SMILES string of the molecule is CCOc1ccc(NS(=O)(=O)c2cc(NC(=O)c3cc(F)c(F)cc3Cl)ccc2OC)cc1. The molecular formula is C22H19ClF2N2O5S. The largest absolute Gasteiger partial charge is 0.495 e. The quantitative estimate of drug-likeness (QED) is 0.424. The lowest BCUT2D eigenvalue weighted by Crippen LogP contribution is -2.16. The minimum atomic E-state index is -4.13. The molecule has 174 valence electrons. The van der Waals surface area contributed by atoms with Crippen LogP contribution in [0.25, 0.3) is 0 Å². The summed E-state index contributed by atoms with van der Waals surface area (Å²) >= 11 is 5.83. The summed E-state index contributed by atoms with van der Waals surface area (Å²) < 4.78 is 65.7. The van der Waals surface area contributed by atoms with Gasteiger partial charge in [-0.15, -0.1) is 0 Å². The number of ether oxygens (including phenoxy) is 2. The molecule has 0 saturated carbocycles. The van der Waals surface area contributed by atoms with Gasteiger partial charge >= 0.3 is 0 Å². The highest BCUT2D eigenvalue weighted by Gasteiger charge is 2.22. The standard InChI is InChI=1S/C22H19ClF2N2O5S/c1-3-32-15-7-4-13(5-8-15)27-33(29,30)21-10-14(6-9-20(21)31-2)26-22(28)16-11-18(24)19(25)12-17(16)23/h4-12,27H,3H2,1-2H3,(H,26,28). The van der Waals surface area contributed by atoms with Crippen LogP contribution < -0.4 is 19.5 Å². The Morgan fingerprint density at radius 2 is 1.64 bits per heavy atom. The first-order valence-corrected chi connectivity index (χ1v) is 11.4. The highest BCUT2D eigenvalue weighted by atomic mass is 35.5. The molecule has 3 aromatic rings. The molecule has 0 radical (unpaired) electrons. The van der Waals surface area contributed by atoms with Crippen molar-refractivity contribution in [1.29, 1.82) is 0 Å². The Morgan fingerprint density at radius 3 is 2.27 bits per heavy atom. The second kappa shape index (κ2) is 10.1. The molecule has 0 spiro atoms. The number of sulfonamides is 1. The number of methoxy groups -OCH3 is 1. The van der Waals surface area contributed by atoms with Crippen LogP contribution in [0.1, 0.15) is 17.3 Å². The van der Waals surface area contributed by atoms with Gasteiger partial charge in [-0.1, -0.05) is 11.6 Å². The number of benzene rings is 3. The zero-order valence-electron chi connectivity index (χ0n) is 17.5. The molecule has 0 heterocycles. The van der Waals surface area contributed by atoms with Crippen molar-refractivity contribution in [2.24, 2.45) is 0 Å². The predicted molar refractivity (Wildman–Crippen MR) is 121 cm³/mol. The third kappa shape index (κ3) is 5.71. The first-order valence-electron chi connectivity index (χ1n) is 9.54. The van der Waals surface area contributed by atoms with Crippen LogP contribution >= 0.6 is 11.6 Å². The lowest BCUT2D eigenvalue weighted by atomic mass is 10.2. The summed E-state index contributed by atoms with van der Waals surface area (Å²) in [6, 6.07) is 11.5. The average molecular weight is 497 g/mol. The fourth-order valence-electron chi connectivity index (χ4n) is 2.86. The molecule has 7 nitrogen and oxygen atoms in total. The maximum Gasteiger partial charge on any atom is 0.265 e. The minimum Gasteiger partial charge on any atom is -0.495 e. The van der Waals surface area contributed by atoms with Gasteiger partial charge in [-0.05, 0) is 61.5 Å². The van der Waals surface area contributed by atoms with Crippen LogP contribution in [0.4, 0.5) is 20.2 Å². The summed E-state index contributed by atoms with van der Waals surface area (Å²) in [5.74, 6) is -2.69. The molecule has 0 aliphatic carbocycles. The third-order valence-electron chi connectivity index (χ3n) is 4.38. The molecule has 0 aliphatic heterocycles. The van der Waals surface area contributed by atoms with Crippen LogP contribution in [0.15, 0.2) is 59.5 Å². The van der Waals surface area contributed by atoms with Crippen molar-refractivity contribution in [3.63, 3.8) is 0 Å². The van der Waals surface area contributed by atoms with E-state index in [0.717, 1.165) is 0 Å². The van der Waals surface area contributed by atoms with E-state index in [2.05, 4.69) is 10.0 Å². The number of nitrogens with one attached hydrogen (secondary N) is 2. The number of rotatable bonds is 8. The van der Waals surface area contributed by atoms with Gasteiger partial charge in [0.1, 0.15) is 16.4 Å². The molecule has 0 fully saturated rings. The van der Waals surface area contributed by atoms with Gasteiger partial charge in [-0.3, -0.25) is 9.52 Å². The molecule has 0 unspecified atom stereocenters. The number of carbonyl (C=O) groups is 1. The summed E-state index contributed by atoms with van der Waals surface area (Å²) in [5.41, 5.74) is 0.0282. The van der Waals surface area contributed by atoms with Gasteiger partial charge in [0, 0.05) is 11.4 Å². The van der Waals surface area contributed by atoms with E-state index in [9.17, 15) is 22.0 Å². The highest BCUT2D eigenvalue weighted by Crippen LogP contribution is 2.30. The van der Waals surface area contributed by atoms with Crippen molar-refractivity contribution < 1.29 is 31.5 Å². The van der Waals surface area contributed by atoms with Crippen LogP contribution in [0.5, 0.6) is 11.5 Å². The Kier molecular flexibility index (Phi) is 7.39. The smallest absolute Gasteiger partial charge is 0.265 e. The zero-order chi connectivity index (χ0) is 24.2. The minimum absolute atomic E-state index is 0.0253. The van der Waals surface area contributed by atoms with Gasteiger partial charge in [0.15, 0.2) is 11.6 Å². The van der Waals surface area contributed by atoms with Crippen molar-refractivity contribution in [3.05, 3.63) is 76.8 Å². The van der Waals surface area contributed by atoms with Crippen molar-refractivity contribution in [2.75, 3.05) is 23.8 Å². The molecule has 33 heavy (non-hydrogen) atoms. The van der Waals surface area contributed by atoms with Crippen LogP contribution in [0.3, 0.4) is 0 Å². The van der Waals surface area contributed by atoms with Gasteiger partial charge in [0.05, 0.1) is 24.3 Å². The molecule has 0 aliphatic rings. The maximum absolute atomic E-state index is 13.5. The fourth-order valence-corrected chi connectivity index (χ4v) is 4.35. The van der Waals surface area contributed by atoms with Crippen molar-refractivity contribution in [2.45, 2.75) is 11.8 Å². The zero-order valence-corrected chi connectivity index (χ0v) is 19.1. The van der Waals surface area contributed by atoms with Crippen LogP contribution in [0.2, 0.25) is 5.02 Å². The molecule has 0 bridgehead atoms. The monoisotopic (exact) mass is 496 g/mol. The second-order valence-corrected chi connectivity index (χ2v) is 8.69. The van der Waals surface area contributed by atoms with Crippen LogP contribution in [-0.4, -0.2) is 28.0 Å². The van der Waals surface area contributed by atoms with Crippen LogP contribution in [-0.2, 0) is 10.0 Å². The van der Waals surface area contributed by atoms with Gasteiger partial charge in [0.2, 0.25) is 0 Å². The summed E-state index contributed by atoms with van der Waals surface area (Å²) in [6.07, 6.45) is 0. The van der Waals surface area contributed by atoms with E-state index in [4.69, 9.17) is 21.1 Å². The van der Waals surface area contributed by atoms with E-state index >= 15 is 0 Å². The van der Waals surface area contributed by atoms with Gasteiger partial charge in [0.25, 0.3) is 15.9 Å². The number of hydrogen-bond acceptors (Lipinski definition) is 5. The Balaban J connectivity index is 1.88. The lowest BCUT2D eigenvalue weighted by molar-refractivity contribution is 0.102. The molecular weight excluding hydrogens is 478 g/mol. The number of anilines is 2. The average Bonchev–Trinajstić information content (AvgIpc) is 2.77. The van der Waals surface area contributed by atoms with Crippen molar-refractivity contribution >= 4 is 38.9 Å². The van der Waals surface area contributed by atoms with E-state index in [1.165, 1.54) is 37.4 Å². The third-order valence-corrected chi connectivity index (χ3v) is 6.10. The van der Waals surface area contributed by atoms with E-state index in [-0.39, 0.29) is 32.6 Å². The van der Waals surface area contributed by atoms with Gasteiger partial charge in [-0.25, -0.2) is 17.2 Å². The normalized spacial score (nSPS) is 11.1.